The van der Waals surface area contributed by atoms with E-state index in [1.807, 2.05) is 32.8 Å². The number of Topliss-reactive ketones (excluding diaryl/α,β-unsaturated/α-hetero) is 1. The number of ketones is 1. The van der Waals surface area contributed by atoms with Crippen LogP contribution in [0.2, 0.25) is 0 Å². The van der Waals surface area contributed by atoms with Crippen LogP contribution in [-0.4, -0.2) is 32.5 Å². The van der Waals surface area contributed by atoms with Crippen LogP contribution >= 0.6 is 0 Å². The molecule has 0 spiro atoms. The third-order valence-electron chi connectivity index (χ3n) is 3.67. The third kappa shape index (κ3) is 4.31. The summed E-state index contributed by atoms with van der Waals surface area (Å²) in [4.78, 5) is 25.7. The summed E-state index contributed by atoms with van der Waals surface area (Å²) in [5, 5.41) is 0. The molecule has 4 heteroatoms. The maximum Gasteiger partial charge on any atom is 0.316 e. The summed E-state index contributed by atoms with van der Waals surface area (Å²) in [7, 11) is 3.98. The lowest BCUT2D eigenvalue weighted by molar-refractivity contribution is -0.151. The van der Waals surface area contributed by atoms with Crippen molar-refractivity contribution in [1.29, 1.82) is 0 Å². The lowest BCUT2D eigenvalue weighted by Gasteiger charge is -2.20. The largest absolute Gasteiger partial charge is 0.465 e. The highest BCUT2D eigenvalue weighted by Gasteiger charge is 2.26. The molecule has 1 atom stereocenters. The molecule has 0 aromatic heterocycles. The molecule has 0 aliphatic heterocycles. The SMILES string of the molecule is CCOC(=O)C(Cc1c(C)cc(N(C)C)cc1C)C(C)=O. The first kappa shape index (κ1) is 17.2. The molecule has 116 valence electrons. The van der Waals surface area contributed by atoms with Crippen molar-refractivity contribution in [1.82, 2.24) is 0 Å². The fourth-order valence-electron chi connectivity index (χ4n) is 2.39. The van der Waals surface area contributed by atoms with Gasteiger partial charge in [0.15, 0.2) is 0 Å². The minimum absolute atomic E-state index is 0.149. The van der Waals surface area contributed by atoms with E-state index in [9.17, 15) is 9.59 Å². The normalized spacial score (nSPS) is 11.9. The topological polar surface area (TPSA) is 46.6 Å². The zero-order valence-corrected chi connectivity index (χ0v) is 13.8. The number of nitrogens with zero attached hydrogens (tertiary/aromatic N) is 1. The van der Waals surface area contributed by atoms with E-state index in [0.717, 1.165) is 22.4 Å². The molecule has 0 amide bonds. The van der Waals surface area contributed by atoms with Crippen molar-refractivity contribution in [2.24, 2.45) is 5.92 Å². The van der Waals surface area contributed by atoms with Gasteiger partial charge >= 0.3 is 5.97 Å². The van der Waals surface area contributed by atoms with Crippen LogP contribution in [0.4, 0.5) is 5.69 Å². The fraction of sp³-hybridized carbons (Fsp3) is 0.529. The van der Waals surface area contributed by atoms with Crippen LogP contribution in [0.5, 0.6) is 0 Å². The van der Waals surface area contributed by atoms with Crippen molar-refractivity contribution >= 4 is 17.4 Å². The van der Waals surface area contributed by atoms with Crippen molar-refractivity contribution in [3.05, 3.63) is 28.8 Å². The fourth-order valence-corrected chi connectivity index (χ4v) is 2.39. The number of rotatable bonds is 6. The monoisotopic (exact) mass is 291 g/mol. The molecule has 0 fully saturated rings. The summed E-state index contributed by atoms with van der Waals surface area (Å²) in [5.41, 5.74) is 4.35. The Balaban J connectivity index is 3.10. The molecule has 1 aromatic rings. The molecule has 1 aromatic carbocycles. The van der Waals surface area contributed by atoms with Gasteiger partial charge in [-0.1, -0.05) is 0 Å². The maximum atomic E-state index is 11.9. The molecule has 1 rings (SSSR count). The minimum Gasteiger partial charge on any atom is -0.465 e. The first-order chi connectivity index (χ1) is 9.77. The Hall–Kier alpha value is -1.84. The minimum atomic E-state index is -0.715. The molecule has 0 saturated carbocycles. The van der Waals surface area contributed by atoms with E-state index in [4.69, 9.17) is 4.74 Å². The van der Waals surface area contributed by atoms with Gasteiger partial charge in [-0.2, -0.15) is 0 Å². The van der Waals surface area contributed by atoms with E-state index in [2.05, 4.69) is 12.1 Å². The summed E-state index contributed by atoms with van der Waals surface area (Å²) in [6.07, 6.45) is 0.402. The zero-order chi connectivity index (χ0) is 16.2. The molecule has 1 unspecified atom stereocenters. The summed E-state index contributed by atoms with van der Waals surface area (Å²) in [6.45, 7) is 7.51. The second-order valence-corrected chi connectivity index (χ2v) is 5.57. The highest BCUT2D eigenvalue weighted by atomic mass is 16.5. The molecule has 0 N–H and O–H groups in total. The number of ether oxygens (including phenoxy) is 1. The number of carbonyl (C=O) groups excluding carboxylic acids is 2. The summed E-state index contributed by atoms with van der Waals surface area (Å²) in [6, 6.07) is 4.15. The Bertz CT molecular complexity index is 512. The van der Waals surface area contributed by atoms with Crippen LogP contribution in [-0.2, 0) is 20.7 Å². The molecule has 21 heavy (non-hydrogen) atoms. The Kier molecular flexibility index (Phi) is 5.94. The van der Waals surface area contributed by atoms with Crippen molar-refractivity contribution in [2.45, 2.75) is 34.1 Å². The van der Waals surface area contributed by atoms with Gasteiger partial charge in [-0.15, -0.1) is 0 Å². The van der Waals surface area contributed by atoms with E-state index in [-0.39, 0.29) is 5.78 Å². The number of anilines is 1. The second kappa shape index (κ2) is 7.25. The summed E-state index contributed by atoms with van der Waals surface area (Å²) < 4.78 is 5.01. The first-order valence-corrected chi connectivity index (χ1v) is 7.22. The van der Waals surface area contributed by atoms with Gasteiger partial charge in [0.05, 0.1) is 6.61 Å². The Morgan fingerprint density at radius 3 is 2.10 bits per heavy atom. The van der Waals surface area contributed by atoms with Crippen LogP contribution in [0.3, 0.4) is 0 Å². The Morgan fingerprint density at radius 2 is 1.71 bits per heavy atom. The standard InChI is InChI=1S/C17H25NO3/c1-7-21-17(20)16(13(4)19)10-15-11(2)8-14(18(5)6)9-12(15)3/h8-9,16H,7,10H2,1-6H3. The van der Waals surface area contributed by atoms with Crippen molar-refractivity contribution in [3.63, 3.8) is 0 Å². The van der Waals surface area contributed by atoms with E-state index < -0.39 is 11.9 Å². The number of esters is 1. The number of benzene rings is 1. The predicted octanol–water partition coefficient (Wildman–Crippen LogP) is 2.68. The van der Waals surface area contributed by atoms with Crippen LogP contribution in [0.15, 0.2) is 12.1 Å². The molecule has 0 aliphatic rings. The van der Waals surface area contributed by atoms with Crippen molar-refractivity contribution in [2.75, 3.05) is 25.6 Å². The van der Waals surface area contributed by atoms with Gasteiger partial charge in [0.2, 0.25) is 0 Å². The Labute approximate surface area is 127 Å². The molecule has 0 saturated heterocycles. The molecule has 4 nitrogen and oxygen atoms in total. The number of aryl methyl sites for hydroxylation is 2. The van der Waals surface area contributed by atoms with E-state index in [1.54, 1.807) is 6.92 Å². The third-order valence-corrected chi connectivity index (χ3v) is 3.67. The lowest BCUT2D eigenvalue weighted by Crippen LogP contribution is -2.27. The van der Waals surface area contributed by atoms with E-state index in [1.165, 1.54) is 6.92 Å². The maximum absolute atomic E-state index is 11.9. The highest BCUT2D eigenvalue weighted by Crippen LogP contribution is 2.25. The number of hydrogen-bond donors (Lipinski definition) is 0. The lowest BCUT2D eigenvalue weighted by atomic mass is 9.90. The van der Waals surface area contributed by atoms with Gasteiger partial charge in [0.25, 0.3) is 0 Å². The average molecular weight is 291 g/mol. The van der Waals surface area contributed by atoms with Gasteiger partial charge in [-0.05, 0) is 62.9 Å². The van der Waals surface area contributed by atoms with Gasteiger partial charge in [-0.25, -0.2) is 0 Å². The van der Waals surface area contributed by atoms with E-state index >= 15 is 0 Å². The van der Waals surface area contributed by atoms with Crippen molar-refractivity contribution in [3.8, 4) is 0 Å². The smallest absolute Gasteiger partial charge is 0.316 e. The molecular weight excluding hydrogens is 266 g/mol. The average Bonchev–Trinajstić information content (AvgIpc) is 2.37. The second-order valence-electron chi connectivity index (χ2n) is 5.57. The molecule has 0 heterocycles. The zero-order valence-electron chi connectivity index (χ0n) is 13.8. The van der Waals surface area contributed by atoms with Gasteiger partial charge in [0, 0.05) is 19.8 Å². The van der Waals surface area contributed by atoms with Gasteiger partial charge in [0.1, 0.15) is 11.7 Å². The molecular formula is C17H25NO3. The molecule has 0 radical (unpaired) electrons. The predicted molar refractivity (Wildman–Crippen MR) is 84.8 cm³/mol. The highest BCUT2D eigenvalue weighted by molar-refractivity contribution is 5.98. The quantitative estimate of drug-likeness (QED) is 0.597. The summed E-state index contributed by atoms with van der Waals surface area (Å²) >= 11 is 0. The van der Waals surface area contributed by atoms with Crippen molar-refractivity contribution < 1.29 is 14.3 Å². The Morgan fingerprint density at radius 1 is 1.19 bits per heavy atom. The van der Waals surface area contributed by atoms with Crippen LogP contribution in [0.25, 0.3) is 0 Å². The number of hydrogen-bond acceptors (Lipinski definition) is 4. The molecule has 0 aliphatic carbocycles. The van der Waals surface area contributed by atoms with Crippen LogP contribution < -0.4 is 4.90 Å². The number of carbonyl (C=O) groups is 2. The van der Waals surface area contributed by atoms with Gasteiger partial charge in [-0.3, -0.25) is 9.59 Å². The van der Waals surface area contributed by atoms with Crippen LogP contribution in [0.1, 0.15) is 30.5 Å². The first-order valence-electron chi connectivity index (χ1n) is 7.22. The van der Waals surface area contributed by atoms with Gasteiger partial charge < -0.3 is 9.64 Å². The molecule has 0 bridgehead atoms. The van der Waals surface area contributed by atoms with Crippen LogP contribution in [0, 0.1) is 19.8 Å². The summed E-state index contributed by atoms with van der Waals surface area (Å²) in [5.74, 6) is -1.29. The van der Waals surface area contributed by atoms with E-state index in [0.29, 0.717) is 13.0 Å².